The van der Waals surface area contributed by atoms with Crippen LogP contribution in [0.4, 0.5) is 0 Å². The summed E-state index contributed by atoms with van der Waals surface area (Å²) in [6.45, 7) is 9.15. The van der Waals surface area contributed by atoms with Crippen LogP contribution in [0.25, 0.3) is 11.4 Å². The molecule has 0 aliphatic heterocycles. The van der Waals surface area contributed by atoms with Crippen LogP contribution < -0.4 is 0 Å². The zero-order valence-electron chi connectivity index (χ0n) is 20.2. The molecule has 0 saturated carbocycles. The highest BCUT2D eigenvalue weighted by molar-refractivity contribution is 6.02. The van der Waals surface area contributed by atoms with Crippen LogP contribution in [0.15, 0.2) is 60.3 Å². The number of carbonyl (C=O) groups is 1. The van der Waals surface area contributed by atoms with Gasteiger partial charge in [0.15, 0.2) is 5.78 Å². The number of ketones is 1. The van der Waals surface area contributed by atoms with E-state index in [9.17, 15) is 10.1 Å². The normalized spacial score (nSPS) is 23.8. The van der Waals surface area contributed by atoms with E-state index in [1.165, 1.54) is 11.3 Å². The average Bonchev–Trinajstić information content (AvgIpc) is 3.21. The lowest BCUT2D eigenvalue weighted by atomic mass is 9.58. The second-order valence-corrected chi connectivity index (χ2v) is 10.2. The molecule has 1 aromatic carbocycles. The predicted octanol–water partition coefficient (Wildman–Crippen LogP) is 5.61. The van der Waals surface area contributed by atoms with Gasteiger partial charge in [0.25, 0.3) is 0 Å². The van der Waals surface area contributed by atoms with E-state index in [2.05, 4.69) is 60.7 Å². The van der Waals surface area contributed by atoms with Gasteiger partial charge >= 0.3 is 0 Å². The molecule has 0 fully saturated rings. The summed E-state index contributed by atoms with van der Waals surface area (Å²) >= 11 is 0. The van der Waals surface area contributed by atoms with E-state index in [-0.39, 0.29) is 23.2 Å². The smallest absolute Gasteiger partial charge is 0.176 e. The molecule has 0 amide bonds. The molecule has 3 atom stereocenters. The summed E-state index contributed by atoms with van der Waals surface area (Å²) in [5.74, 6) is 1.30. The van der Waals surface area contributed by atoms with E-state index >= 15 is 0 Å². The van der Waals surface area contributed by atoms with Crippen LogP contribution in [0.3, 0.4) is 0 Å². The Balaban J connectivity index is 1.70. The van der Waals surface area contributed by atoms with Crippen LogP contribution >= 0.6 is 0 Å². The van der Waals surface area contributed by atoms with E-state index in [0.717, 1.165) is 35.6 Å². The maximum atomic E-state index is 12.8. The SMILES string of the molecule is CC(C)c1ccc(-c2nc3c(n2Cc2ccccn2)CC[C@@H]2[C@@H](C)C(=O)C(C#N)=C[C@@]32C)cc1. The minimum absolute atomic E-state index is 0.0363. The summed E-state index contributed by atoms with van der Waals surface area (Å²) in [5, 5.41) is 9.66. The monoisotopic (exact) mass is 450 g/mol. The lowest BCUT2D eigenvalue weighted by molar-refractivity contribution is -0.121. The minimum Gasteiger partial charge on any atom is -0.322 e. The molecule has 0 spiro atoms. The number of fused-ring (bicyclic) bond motifs is 3. The van der Waals surface area contributed by atoms with Crippen molar-refractivity contribution in [2.24, 2.45) is 11.8 Å². The van der Waals surface area contributed by atoms with Crippen LogP contribution in [0.2, 0.25) is 0 Å². The van der Waals surface area contributed by atoms with Gasteiger partial charge in [0, 0.05) is 28.8 Å². The molecule has 0 saturated heterocycles. The Labute approximate surface area is 201 Å². The number of nitrogens with zero attached hydrogens (tertiary/aromatic N) is 4. The molecule has 0 unspecified atom stereocenters. The fourth-order valence-electron chi connectivity index (χ4n) is 5.83. The van der Waals surface area contributed by atoms with Crippen molar-refractivity contribution in [1.82, 2.24) is 14.5 Å². The standard InChI is InChI=1S/C29H30N4O/c1-18(2)20-8-10-21(11-9-20)28-32-27-25(33(28)17-23-7-5-6-14-31-23)13-12-24-19(3)26(34)22(16-30)15-29(24,27)4/h5-11,14-15,18-19,24H,12-13,17H2,1-4H3/t19-,24-,29-/m1/s1. The van der Waals surface area contributed by atoms with Gasteiger partial charge in [-0.2, -0.15) is 5.26 Å². The highest BCUT2D eigenvalue weighted by atomic mass is 16.1. The Morgan fingerprint density at radius 3 is 2.62 bits per heavy atom. The lowest BCUT2D eigenvalue weighted by Crippen LogP contribution is -2.45. The Morgan fingerprint density at radius 1 is 1.21 bits per heavy atom. The Hall–Kier alpha value is -3.52. The second-order valence-electron chi connectivity index (χ2n) is 10.2. The van der Waals surface area contributed by atoms with Crippen molar-refractivity contribution in [2.45, 2.75) is 58.4 Å². The van der Waals surface area contributed by atoms with Gasteiger partial charge in [0.2, 0.25) is 0 Å². The zero-order valence-corrected chi connectivity index (χ0v) is 20.2. The molecular formula is C29H30N4O. The van der Waals surface area contributed by atoms with E-state index < -0.39 is 5.41 Å². The largest absolute Gasteiger partial charge is 0.322 e. The summed E-state index contributed by atoms with van der Waals surface area (Å²) in [7, 11) is 0. The number of nitriles is 1. The van der Waals surface area contributed by atoms with E-state index in [0.29, 0.717) is 12.5 Å². The number of rotatable bonds is 4. The number of Topliss-reactive ketones (excluding diaryl/α,β-unsaturated/α-hetero) is 1. The number of hydrogen-bond acceptors (Lipinski definition) is 4. The van der Waals surface area contributed by atoms with Crippen LogP contribution in [0.1, 0.15) is 62.7 Å². The highest BCUT2D eigenvalue weighted by Gasteiger charge is 2.50. The zero-order chi connectivity index (χ0) is 24.0. The minimum atomic E-state index is -0.450. The van der Waals surface area contributed by atoms with Gasteiger partial charge in [-0.05, 0) is 42.4 Å². The summed E-state index contributed by atoms with van der Waals surface area (Å²) in [6.07, 6.45) is 5.46. The number of carbonyl (C=O) groups excluding carboxylic acids is 1. The van der Waals surface area contributed by atoms with Crippen molar-refractivity contribution in [3.05, 3.63) is 83.0 Å². The molecular weight excluding hydrogens is 420 g/mol. The number of pyridine rings is 1. The molecule has 34 heavy (non-hydrogen) atoms. The fraction of sp³-hybridized carbons (Fsp3) is 0.379. The van der Waals surface area contributed by atoms with Crippen LogP contribution in [-0.4, -0.2) is 20.3 Å². The first-order chi connectivity index (χ1) is 16.3. The third-order valence-electron chi connectivity index (χ3n) is 7.77. The molecule has 3 aromatic rings. The van der Waals surface area contributed by atoms with Gasteiger partial charge in [0.1, 0.15) is 11.9 Å². The molecule has 0 radical (unpaired) electrons. The van der Waals surface area contributed by atoms with Gasteiger partial charge in [-0.3, -0.25) is 9.78 Å². The maximum absolute atomic E-state index is 12.8. The third kappa shape index (κ3) is 3.49. The van der Waals surface area contributed by atoms with Crippen molar-refractivity contribution in [1.29, 1.82) is 5.26 Å². The molecule has 0 bridgehead atoms. The predicted molar refractivity (Wildman–Crippen MR) is 132 cm³/mol. The quantitative estimate of drug-likeness (QED) is 0.518. The number of allylic oxidation sites excluding steroid dienone is 2. The van der Waals surface area contributed by atoms with Crippen LogP contribution in [-0.2, 0) is 23.2 Å². The first-order valence-electron chi connectivity index (χ1n) is 12.1. The molecule has 2 heterocycles. The van der Waals surface area contributed by atoms with Crippen LogP contribution in [0.5, 0.6) is 0 Å². The molecule has 172 valence electrons. The van der Waals surface area contributed by atoms with Gasteiger partial charge in [-0.1, -0.05) is 64.1 Å². The summed E-state index contributed by atoms with van der Waals surface area (Å²) in [5.41, 5.74) is 5.34. The van der Waals surface area contributed by atoms with E-state index in [1.807, 2.05) is 37.4 Å². The molecule has 2 aliphatic carbocycles. The molecule has 0 N–H and O–H groups in total. The van der Waals surface area contributed by atoms with Gasteiger partial charge in [-0.25, -0.2) is 4.98 Å². The van der Waals surface area contributed by atoms with Crippen molar-refractivity contribution < 1.29 is 4.79 Å². The molecule has 5 rings (SSSR count). The first-order valence-corrected chi connectivity index (χ1v) is 12.1. The third-order valence-corrected chi connectivity index (χ3v) is 7.77. The summed E-state index contributed by atoms with van der Waals surface area (Å²) in [6, 6.07) is 16.8. The number of aromatic nitrogens is 3. The molecule has 5 nitrogen and oxygen atoms in total. The fourth-order valence-corrected chi connectivity index (χ4v) is 5.83. The lowest BCUT2D eigenvalue weighted by Gasteiger charge is -2.44. The summed E-state index contributed by atoms with van der Waals surface area (Å²) in [4.78, 5) is 22.6. The number of hydrogen-bond donors (Lipinski definition) is 0. The van der Waals surface area contributed by atoms with Crippen molar-refractivity contribution in [2.75, 3.05) is 0 Å². The van der Waals surface area contributed by atoms with E-state index in [1.54, 1.807) is 0 Å². The Kier molecular flexibility index (Phi) is 5.48. The summed E-state index contributed by atoms with van der Waals surface area (Å²) < 4.78 is 2.30. The van der Waals surface area contributed by atoms with Crippen molar-refractivity contribution >= 4 is 5.78 Å². The van der Waals surface area contributed by atoms with Gasteiger partial charge in [-0.15, -0.1) is 0 Å². The van der Waals surface area contributed by atoms with E-state index in [4.69, 9.17) is 4.98 Å². The van der Waals surface area contributed by atoms with Crippen LogP contribution in [0, 0.1) is 23.2 Å². The first kappa shape index (κ1) is 22.3. The maximum Gasteiger partial charge on any atom is 0.176 e. The number of imidazole rings is 1. The number of benzene rings is 1. The highest BCUT2D eigenvalue weighted by Crippen LogP contribution is 2.50. The molecule has 2 aromatic heterocycles. The van der Waals surface area contributed by atoms with Gasteiger partial charge < -0.3 is 4.57 Å². The van der Waals surface area contributed by atoms with Crippen molar-refractivity contribution in [3.63, 3.8) is 0 Å². The van der Waals surface area contributed by atoms with Gasteiger partial charge in [0.05, 0.1) is 23.5 Å². The topological polar surface area (TPSA) is 71.6 Å². The Bertz CT molecular complexity index is 1310. The Morgan fingerprint density at radius 2 is 1.97 bits per heavy atom. The molecule has 2 aliphatic rings. The molecule has 5 heteroatoms. The van der Waals surface area contributed by atoms with Crippen molar-refractivity contribution in [3.8, 4) is 17.5 Å². The second kappa shape index (κ2) is 8.36. The average molecular weight is 451 g/mol.